The van der Waals surface area contributed by atoms with Crippen LogP contribution in [0.4, 0.5) is 5.69 Å². The van der Waals surface area contributed by atoms with Gasteiger partial charge < -0.3 is 5.32 Å². The third-order valence-electron chi connectivity index (χ3n) is 2.22. The predicted molar refractivity (Wildman–Crippen MR) is 68.7 cm³/mol. The van der Waals surface area contributed by atoms with Crippen molar-refractivity contribution < 1.29 is 13.2 Å². The molecule has 1 aromatic carbocycles. The molecule has 0 saturated heterocycles. The Bertz CT molecular complexity index is 556. The first-order valence-corrected chi connectivity index (χ1v) is 7.44. The van der Waals surface area contributed by atoms with Gasteiger partial charge in [0.15, 0.2) is 0 Å². The van der Waals surface area contributed by atoms with Crippen molar-refractivity contribution in [3.05, 3.63) is 29.8 Å². The topological polar surface area (TPSA) is 87.0 Å². The average Bonchev–Trinajstić information content (AvgIpc) is 2.28. The Morgan fingerprint density at radius 1 is 1.33 bits per heavy atom. The van der Waals surface area contributed by atoms with E-state index < -0.39 is 9.84 Å². The number of carbonyl (C=O) groups is 1. The number of hydrogen-bond acceptors (Lipinski definition) is 4. The third-order valence-corrected chi connectivity index (χ3v) is 3.25. The Morgan fingerprint density at radius 2 is 1.94 bits per heavy atom. The number of sulfone groups is 1. The van der Waals surface area contributed by atoms with Crippen LogP contribution in [0.1, 0.15) is 18.4 Å². The zero-order valence-corrected chi connectivity index (χ0v) is 10.8. The van der Waals surface area contributed by atoms with E-state index in [4.69, 9.17) is 5.26 Å². The van der Waals surface area contributed by atoms with Crippen molar-refractivity contribution in [1.82, 2.24) is 0 Å². The molecule has 0 aliphatic rings. The molecule has 0 unspecified atom stereocenters. The molecule has 0 radical (unpaired) electrons. The SMILES string of the molecule is CS(=O)(=O)CCCC(=O)Nc1ccc(C#N)cc1. The number of hydrogen-bond donors (Lipinski definition) is 1. The summed E-state index contributed by atoms with van der Waals surface area (Å²) in [6.07, 6.45) is 1.61. The first-order valence-electron chi connectivity index (χ1n) is 5.38. The lowest BCUT2D eigenvalue weighted by Gasteiger charge is -2.04. The van der Waals surface area contributed by atoms with Crippen LogP contribution < -0.4 is 5.32 Å². The minimum absolute atomic E-state index is 0.00773. The van der Waals surface area contributed by atoms with Crippen LogP contribution in [0, 0.1) is 11.3 Å². The number of nitriles is 1. The molecule has 0 aromatic heterocycles. The monoisotopic (exact) mass is 266 g/mol. The summed E-state index contributed by atoms with van der Waals surface area (Å²) in [4.78, 5) is 11.5. The Kier molecular flexibility index (Phi) is 4.86. The van der Waals surface area contributed by atoms with Gasteiger partial charge in [-0.25, -0.2) is 8.42 Å². The predicted octanol–water partition coefficient (Wildman–Crippen LogP) is 1.32. The summed E-state index contributed by atoms with van der Waals surface area (Å²) in [5, 5.41) is 11.2. The highest BCUT2D eigenvalue weighted by Crippen LogP contribution is 2.09. The molecule has 18 heavy (non-hydrogen) atoms. The highest BCUT2D eigenvalue weighted by atomic mass is 32.2. The number of benzene rings is 1. The van der Waals surface area contributed by atoms with Gasteiger partial charge in [0.1, 0.15) is 9.84 Å². The molecule has 1 N–H and O–H groups in total. The fraction of sp³-hybridized carbons (Fsp3) is 0.333. The standard InChI is InChI=1S/C12H14N2O3S/c1-18(16,17)8-2-3-12(15)14-11-6-4-10(9-13)5-7-11/h4-7H,2-3,8H2,1H3,(H,14,15). The summed E-state index contributed by atoms with van der Waals surface area (Å²) in [6.45, 7) is 0. The van der Waals surface area contributed by atoms with Gasteiger partial charge in [0.2, 0.25) is 5.91 Å². The second-order valence-electron chi connectivity index (χ2n) is 3.97. The molecule has 0 aliphatic heterocycles. The van der Waals surface area contributed by atoms with E-state index in [9.17, 15) is 13.2 Å². The molecular weight excluding hydrogens is 252 g/mol. The van der Waals surface area contributed by atoms with Crippen molar-refractivity contribution in [3.63, 3.8) is 0 Å². The van der Waals surface area contributed by atoms with Crippen molar-refractivity contribution in [2.75, 3.05) is 17.3 Å². The number of nitrogens with one attached hydrogen (secondary N) is 1. The van der Waals surface area contributed by atoms with Crippen LogP contribution in [-0.4, -0.2) is 26.3 Å². The summed E-state index contributed by atoms with van der Waals surface area (Å²) in [7, 11) is -3.02. The molecule has 1 rings (SSSR count). The van der Waals surface area contributed by atoms with Gasteiger partial charge in [0.05, 0.1) is 17.4 Å². The lowest BCUT2D eigenvalue weighted by atomic mass is 10.2. The number of nitrogens with zero attached hydrogens (tertiary/aromatic N) is 1. The fourth-order valence-electron chi connectivity index (χ4n) is 1.35. The lowest BCUT2D eigenvalue weighted by molar-refractivity contribution is -0.116. The maximum Gasteiger partial charge on any atom is 0.224 e. The molecular formula is C12H14N2O3S. The summed E-state index contributed by atoms with van der Waals surface area (Å²) in [6, 6.07) is 8.45. The average molecular weight is 266 g/mol. The molecule has 1 aromatic rings. The van der Waals surface area contributed by atoms with Crippen LogP contribution in [0.2, 0.25) is 0 Å². The first-order chi connectivity index (χ1) is 8.40. The van der Waals surface area contributed by atoms with E-state index >= 15 is 0 Å². The van der Waals surface area contributed by atoms with E-state index in [2.05, 4.69) is 5.32 Å². The molecule has 0 bridgehead atoms. The van der Waals surface area contributed by atoms with Gasteiger partial charge in [-0.1, -0.05) is 0 Å². The Morgan fingerprint density at radius 3 is 2.44 bits per heavy atom. The summed E-state index contributed by atoms with van der Waals surface area (Å²) in [5.41, 5.74) is 1.11. The second-order valence-corrected chi connectivity index (χ2v) is 6.23. The molecule has 0 heterocycles. The van der Waals surface area contributed by atoms with Gasteiger partial charge in [0.25, 0.3) is 0 Å². The van der Waals surface area contributed by atoms with Crippen molar-refractivity contribution in [1.29, 1.82) is 5.26 Å². The molecule has 1 amide bonds. The van der Waals surface area contributed by atoms with Crippen molar-refractivity contribution in [3.8, 4) is 6.07 Å². The quantitative estimate of drug-likeness (QED) is 0.870. The highest BCUT2D eigenvalue weighted by Gasteiger charge is 2.06. The molecule has 0 saturated carbocycles. The normalized spacial score (nSPS) is 10.7. The lowest BCUT2D eigenvalue weighted by Crippen LogP contribution is -2.13. The molecule has 6 heteroatoms. The zero-order valence-electron chi connectivity index (χ0n) is 10.0. The molecule has 96 valence electrons. The highest BCUT2D eigenvalue weighted by molar-refractivity contribution is 7.90. The molecule has 0 aliphatic carbocycles. The van der Waals surface area contributed by atoms with Crippen LogP contribution in [-0.2, 0) is 14.6 Å². The molecule has 5 nitrogen and oxygen atoms in total. The van der Waals surface area contributed by atoms with Crippen LogP contribution in [0.3, 0.4) is 0 Å². The maximum atomic E-state index is 11.5. The number of rotatable bonds is 5. The number of amides is 1. The molecule has 0 spiro atoms. The van der Waals surface area contributed by atoms with Crippen LogP contribution in [0.25, 0.3) is 0 Å². The fourth-order valence-corrected chi connectivity index (χ4v) is 2.02. The van der Waals surface area contributed by atoms with Crippen LogP contribution in [0.5, 0.6) is 0 Å². The van der Waals surface area contributed by atoms with E-state index in [0.29, 0.717) is 17.7 Å². The zero-order chi connectivity index (χ0) is 13.6. The Hall–Kier alpha value is -1.87. The summed E-state index contributed by atoms with van der Waals surface area (Å²) >= 11 is 0. The van der Waals surface area contributed by atoms with Crippen LogP contribution in [0.15, 0.2) is 24.3 Å². The summed E-state index contributed by atoms with van der Waals surface area (Å²) in [5.74, 6) is -0.225. The Labute approximate surface area is 106 Å². The largest absolute Gasteiger partial charge is 0.326 e. The van der Waals surface area contributed by atoms with E-state index in [1.807, 2.05) is 6.07 Å². The number of carbonyl (C=O) groups excluding carboxylic acids is 1. The van der Waals surface area contributed by atoms with Crippen molar-refractivity contribution in [2.24, 2.45) is 0 Å². The maximum absolute atomic E-state index is 11.5. The van der Waals surface area contributed by atoms with Crippen molar-refractivity contribution in [2.45, 2.75) is 12.8 Å². The third kappa shape index (κ3) is 5.46. The Balaban J connectivity index is 2.42. The van der Waals surface area contributed by atoms with Gasteiger partial charge >= 0.3 is 0 Å². The van der Waals surface area contributed by atoms with E-state index in [1.165, 1.54) is 0 Å². The van der Waals surface area contributed by atoms with Gasteiger partial charge in [-0.3, -0.25) is 4.79 Å². The number of anilines is 1. The minimum atomic E-state index is -3.02. The smallest absolute Gasteiger partial charge is 0.224 e. The van der Waals surface area contributed by atoms with E-state index in [1.54, 1.807) is 24.3 Å². The summed E-state index contributed by atoms with van der Waals surface area (Å²) < 4.78 is 21.8. The molecule has 0 atom stereocenters. The van der Waals surface area contributed by atoms with E-state index in [-0.39, 0.29) is 18.1 Å². The van der Waals surface area contributed by atoms with Crippen molar-refractivity contribution >= 4 is 21.4 Å². The van der Waals surface area contributed by atoms with Gasteiger partial charge in [-0.05, 0) is 30.7 Å². The van der Waals surface area contributed by atoms with Gasteiger partial charge in [-0.2, -0.15) is 5.26 Å². The van der Waals surface area contributed by atoms with Gasteiger partial charge in [-0.15, -0.1) is 0 Å². The van der Waals surface area contributed by atoms with Gasteiger partial charge in [0, 0.05) is 18.4 Å². The first kappa shape index (κ1) is 14.2. The van der Waals surface area contributed by atoms with Crippen LogP contribution >= 0.6 is 0 Å². The minimum Gasteiger partial charge on any atom is -0.326 e. The molecule has 0 fully saturated rings. The second kappa shape index (κ2) is 6.17. The van der Waals surface area contributed by atoms with E-state index in [0.717, 1.165) is 6.26 Å².